The third-order valence-corrected chi connectivity index (χ3v) is 5.49. The molecule has 8 nitrogen and oxygen atoms in total. The van der Waals surface area contributed by atoms with E-state index in [-0.39, 0.29) is 23.3 Å². The van der Waals surface area contributed by atoms with Gasteiger partial charge in [-0.1, -0.05) is 48.2 Å². The number of aromatic nitrogens is 3. The molecule has 2 aromatic carbocycles. The SMILES string of the molecule is Cc1ccc(NC(=O)[C@@H](Sc2nncn2C(C)C)c2ccccc2)c([N+](=O)[O-])c1. The van der Waals surface area contributed by atoms with Gasteiger partial charge in [-0.05, 0) is 38.0 Å². The van der Waals surface area contributed by atoms with E-state index in [9.17, 15) is 14.9 Å². The van der Waals surface area contributed by atoms with Gasteiger partial charge in [0.1, 0.15) is 17.3 Å². The number of aryl methyl sites for hydroxylation is 1. The monoisotopic (exact) mass is 411 g/mol. The number of anilines is 1. The van der Waals surface area contributed by atoms with Crippen LogP contribution in [-0.4, -0.2) is 25.6 Å². The Labute approximate surface area is 172 Å². The van der Waals surface area contributed by atoms with E-state index in [0.29, 0.717) is 5.16 Å². The third kappa shape index (κ3) is 4.80. The Kier molecular flexibility index (Phi) is 6.28. The molecule has 0 fully saturated rings. The van der Waals surface area contributed by atoms with Crippen LogP contribution in [0.3, 0.4) is 0 Å². The van der Waals surface area contributed by atoms with Crippen LogP contribution >= 0.6 is 11.8 Å². The van der Waals surface area contributed by atoms with Crippen molar-refractivity contribution in [3.05, 3.63) is 76.1 Å². The highest BCUT2D eigenvalue weighted by atomic mass is 32.2. The second-order valence-electron chi connectivity index (χ2n) is 6.79. The number of benzene rings is 2. The molecule has 29 heavy (non-hydrogen) atoms. The van der Waals surface area contributed by atoms with Gasteiger partial charge in [0, 0.05) is 12.1 Å². The maximum absolute atomic E-state index is 13.2. The summed E-state index contributed by atoms with van der Waals surface area (Å²) in [6.07, 6.45) is 1.62. The molecular weight excluding hydrogens is 390 g/mol. The molecule has 0 aliphatic carbocycles. The van der Waals surface area contributed by atoms with Crippen LogP contribution in [-0.2, 0) is 4.79 Å². The lowest BCUT2D eigenvalue weighted by atomic mass is 10.1. The number of carbonyl (C=O) groups is 1. The van der Waals surface area contributed by atoms with Gasteiger partial charge < -0.3 is 9.88 Å². The first-order chi connectivity index (χ1) is 13.9. The van der Waals surface area contributed by atoms with Crippen molar-refractivity contribution < 1.29 is 9.72 Å². The molecule has 0 radical (unpaired) electrons. The van der Waals surface area contributed by atoms with E-state index in [2.05, 4.69) is 15.5 Å². The van der Waals surface area contributed by atoms with Crippen molar-refractivity contribution in [2.24, 2.45) is 0 Å². The summed E-state index contributed by atoms with van der Waals surface area (Å²) in [5.41, 5.74) is 1.54. The molecule has 0 aliphatic rings. The van der Waals surface area contributed by atoms with Gasteiger partial charge in [0.05, 0.1) is 4.92 Å². The fourth-order valence-electron chi connectivity index (χ4n) is 2.77. The van der Waals surface area contributed by atoms with Gasteiger partial charge in [0.15, 0.2) is 5.16 Å². The van der Waals surface area contributed by atoms with Crippen LogP contribution in [0, 0.1) is 17.0 Å². The zero-order valence-corrected chi connectivity index (χ0v) is 17.1. The Morgan fingerprint density at radius 1 is 1.21 bits per heavy atom. The highest BCUT2D eigenvalue weighted by Crippen LogP contribution is 2.37. The minimum Gasteiger partial charge on any atom is -0.319 e. The van der Waals surface area contributed by atoms with E-state index in [1.807, 2.05) is 48.7 Å². The molecule has 1 aromatic heterocycles. The molecule has 0 bridgehead atoms. The molecule has 3 aromatic rings. The summed E-state index contributed by atoms with van der Waals surface area (Å²) in [4.78, 5) is 24.1. The van der Waals surface area contributed by atoms with Crippen molar-refractivity contribution in [1.29, 1.82) is 0 Å². The number of carbonyl (C=O) groups excluding carboxylic acids is 1. The van der Waals surface area contributed by atoms with Crippen LogP contribution < -0.4 is 5.32 Å². The highest BCUT2D eigenvalue weighted by molar-refractivity contribution is 8.00. The number of nitrogens with one attached hydrogen (secondary N) is 1. The van der Waals surface area contributed by atoms with E-state index in [1.165, 1.54) is 17.8 Å². The van der Waals surface area contributed by atoms with Crippen LogP contribution in [0.25, 0.3) is 0 Å². The molecule has 0 saturated heterocycles. The number of rotatable bonds is 7. The Hall–Kier alpha value is -3.20. The van der Waals surface area contributed by atoms with Crippen molar-refractivity contribution in [3.8, 4) is 0 Å². The second kappa shape index (κ2) is 8.87. The number of hydrogen-bond donors (Lipinski definition) is 1. The number of nitro groups is 1. The number of thioether (sulfide) groups is 1. The van der Waals surface area contributed by atoms with Gasteiger partial charge in [0.2, 0.25) is 5.91 Å². The summed E-state index contributed by atoms with van der Waals surface area (Å²) in [5.74, 6) is -0.369. The molecule has 0 unspecified atom stereocenters. The average molecular weight is 411 g/mol. The minimum atomic E-state index is -0.654. The Bertz CT molecular complexity index is 1020. The van der Waals surface area contributed by atoms with Crippen molar-refractivity contribution in [2.45, 2.75) is 37.2 Å². The largest absolute Gasteiger partial charge is 0.319 e. The maximum atomic E-state index is 13.2. The fourth-order valence-corrected chi connectivity index (χ4v) is 3.92. The number of hydrogen-bond acceptors (Lipinski definition) is 6. The van der Waals surface area contributed by atoms with Crippen molar-refractivity contribution in [1.82, 2.24) is 14.8 Å². The summed E-state index contributed by atoms with van der Waals surface area (Å²) in [5, 5.41) is 22.2. The van der Waals surface area contributed by atoms with E-state index in [4.69, 9.17) is 0 Å². The summed E-state index contributed by atoms with van der Waals surface area (Å²) in [6, 6.07) is 14.1. The highest BCUT2D eigenvalue weighted by Gasteiger charge is 2.27. The van der Waals surface area contributed by atoms with Gasteiger partial charge in [-0.15, -0.1) is 10.2 Å². The quantitative estimate of drug-likeness (QED) is 0.348. The Morgan fingerprint density at radius 2 is 1.93 bits per heavy atom. The minimum absolute atomic E-state index is 0.130. The third-order valence-electron chi connectivity index (χ3n) is 4.27. The summed E-state index contributed by atoms with van der Waals surface area (Å²) >= 11 is 1.26. The topological polar surface area (TPSA) is 103 Å². The first kappa shape index (κ1) is 20.5. The van der Waals surface area contributed by atoms with Crippen molar-refractivity contribution in [3.63, 3.8) is 0 Å². The van der Waals surface area contributed by atoms with E-state index >= 15 is 0 Å². The van der Waals surface area contributed by atoms with E-state index < -0.39 is 10.2 Å². The molecule has 3 rings (SSSR count). The molecule has 0 aliphatic heterocycles. The zero-order valence-electron chi connectivity index (χ0n) is 16.3. The van der Waals surface area contributed by atoms with Gasteiger partial charge in [-0.3, -0.25) is 14.9 Å². The molecule has 1 heterocycles. The first-order valence-corrected chi connectivity index (χ1v) is 9.91. The van der Waals surface area contributed by atoms with Crippen LogP contribution in [0.15, 0.2) is 60.0 Å². The van der Waals surface area contributed by atoms with Crippen LogP contribution in [0.2, 0.25) is 0 Å². The molecule has 1 N–H and O–H groups in total. The fraction of sp³-hybridized carbons (Fsp3) is 0.250. The van der Waals surface area contributed by atoms with Crippen molar-refractivity contribution >= 4 is 29.0 Å². The Balaban J connectivity index is 1.94. The lowest BCUT2D eigenvalue weighted by Gasteiger charge is -2.18. The lowest BCUT2D eigenvalue weighted by molar-refractivity contribution is -0.384. The first-order valence-electron chi connectivity index (χ1n) is 9.04. The lowest BCUT2D eigenvalue weighted by Crippen LogP contribution is -2.20. The molecular formula is C20H21N5O3S. The smallest absolute Gasteiger partial charge is 0.293 e. The van der Waals surface area contributed by atoms with E-state index in [1.54, 1.807) is 25.4 Å². The number of nitrogens with zero attached hydrogens (tertiary/aromatic N) is 4. The van der Waals surface area contributed by atoms with Gasteiger partial charge in [-0.2, -0.15) is 0 Å². The summed E-state index contributed by atoms with van der Waals surface area (Å²) in [6.45, 7) is 5.77. The zero-order chi connectivity index (χ0) is 21.0. The summed E-state index contributed by atoms with van der Waals surface area (Å²) in [7, 11) is 0. The van der Waals surface area contributed by atoms with Gasteiger partial charge >= 0.3 is 0 Å². The van der Waals surface area contributed by atoms with Gasteiger partial charge in [0.25, 0.3) is 5.69 Å². The maximum Gasteiger partial charge on any atom is 0.293 e. The Morgan fingerprint density at radius 3 is 2.59 bits per heavy atom. The van der Waals surface area contributed by atoms with E-state index in [0.717, 1.165) is 11.1 Å². The molecule has 150 valence electrons. The molecule has 1 atom stereocenters. The predicted octanol–water partition coefficient (Wildman–Crippen LogP) is 4.55. The standard InChI is InChI=1S/C20H21N5O3S/c1-13(2)24-12-21-23-20(24)29-18(15-7-5-4-6-8-15)19(26)22-16-10-9-14(3)11-17(16)25(27)28/h4-13,18H,1-3H3,(H,22,26)/t18-/m0/s1. The summed E-state index contributed by atoms with van der Waals surface area (Å²) < 4.78 is 1.88. The van der Waals surface area contributed by atoms with Crippen LogP contribution in [0.4, 0.5) is 11.4 Å². The average Bonchev–Trinajstić information content (AvgIpc) is 3.16. The van der Waals surface area contributed by atoms with Crippen LogP contribution in [0.1, 0.15) is 36.3 Å². The predicted molar refractivity (Wildman–Crippen MR) is 112 cm³/mol. The normalized spacial score (nSPS) is 12.0. The van der Waals surface area contributed by atoms with Crippen molar-refractivity contribution in [2.75, 3.05) is 5.32 Å². The number of nitro benzene ring substituents is 1. The second-order valence-corrected chi connectivity index (χ2v) is 7.86. The molecule has 0 spiro atoms. The molecule has 9 heteroatoms. The van der Waals surface area contributed by atoms with Crippen LogP contribution in [0.5, 0.6) is 0 Å². The number of amides is 1. The molecule has 1 amide bonds. The van der Waals surface area contributed by atoms with Gasteiger partial charge in [-0.25, -0.2) is 0 Å². The molecule has 0 saturated carbocycles.